The topological polar surface area (TPSA) is 75.6 Å². The van der Waals surface area contributed by atoms with E-state index in [1.165, 1.54) is 28.9 Å². The number of carboxylic acids is 1. The van der Waals surface area contributed by atoms with Crippen molar-refractivity contribution in [3.63, 3.8) is 0 Å². The molecule has 0 saturated carbocycles. The van der Waals surface area contributed by atoms with Crippen LogP contribution in [0.15, 0.2) is 17.5 Å². The molecule has 0 unspecified atom stereocenters. The molecule has 0 aliphatic heterocycles. The molecule has 1 rings (SSSR count). The van der Waals surface area contributed by atoms with Crippen LogP contribution in [0.3, 0.4) is 0 Å². The van der Waals surface area contributed by atoms with Gasteiger partial charge in [0, 0.05) is 22.9 Å². The lowest BCUT2D eigenvalue weighted by molar-refractivity contribution is -0.173. The normalized spacial score (nSPS) is 11.8. The van der Waals surface area contributed by atoms with Gasteiger partial charge >= 0.3 is 12.1 Å². The lowest BCUT2D eigenvalue weighted by atomic mass is 10.3. The average molecular weight is 323 g/mol. The van der Waals surface area contributed by atoms with Crippen molar-refractivity contribution in [3.8, 4) is 0 Å². The molecule has 116 valence electrons. The van der Waals surface area contributed by atoms with E-state index >= 15 is 0 Å². The summed E-state index contributed by atoms with van der Waals surface area (Å²) in [6.45, 7) is -1.66. The Morgan fingerprint density at radius 2 is 2.14 bits per heavy atom. The Hall–Kier alpha value is -1.87. The van der Waals surface area contributed by atoms with Crippen LogP contribution in [0.25, 0.3) is 6.08 Å². The molecule has 1 aromatic heterocycles. The number of hydrogen-bond donors (Lipinski definition) is 2. The predicted molar refractivity (Wildman–Crippen MR) is 70.2 cm³/mol. The average Bonchev–Trinajstić information content (AvgIpc) is 2.83. The second-order valence-electron chi connectivity index (χ2n) is 3.83. The molecule has 0 fully saturated rings. The van der Waals surface area contributed by atoms with Gasteiger partial charge in [-0.05, 0) is 12.1 Å². The highest BCUT2D eigenvalue weighted by atomic mass is 32.1. The van der Waals surface area contributed by atoms with Gasteiger partial charge in [-0.15, -0.1) is 11.3 Å². The minimum absolute atomic E-state index is 0.0505. The molecule has 5 nitrogen and oxygen atoms in total. The molecule has 0 spiro atoms. The van der Waals surface area contributed by atoms with Crippen molar-refractivity contribution in [1.29, 1.82) is 0 Å². The van der Waals surface area contributed by atoms with Crippen LogP contribution in [-0.2, 0) is 9.53 Å². The lowest BCUT2D eigenvalue weighted by Gasteiger charge is -2.07. The number of halogens is 3. The summed E-state index contributed by atoms with van der Waals surface area (Å²) in [7, 11) is 0. The third-order valence-electron chi connectivity index (χ3n) is 2.07. The number of carboxylic acid groups (broad SMARTS) is 1. The van der Waals surface area contributed by atoms with Gasteiger partial charge in [0.1, 0.15) is 6.61 Å². The number of thiophene rings is 1. The van der Waals surface area contributed by atoms with Crippen LogP contribution in [0.4, 0.5) is 13.2 Å². The van der Waals surface area contributed by atoms with Gasteiger partial charge in [-0.25, -0.2) is 4.79 Å². The Bertz CT molecular complexity index is 525. The van der Waals surface area contributed by atoms with Crippen LogP contribution in [0, 0.1) is 0 Å². The van der Waals surface area contributed by atoms with Crippen molar-refractivity contribution in [3.05, 3.63) is 28.0 Å². The third kappa shape index (κ3) is 7.47. The van der Waals surface area contributed by atoms with Crippen molar-refractivity contribution in [1.82, 2.24) is 5.32 Å². The number of nitrogens with one attached hydrogen (secondary N) is 1. The molecule has 0 radical (unpaired) electrons. The van der Waals surface area contributed by atoms with Gasteiger partial charge in [-0.2, -0.15) is 13.2 Å². The lowest BCUT2D eigenvalue weighted by Crippen LogP contribution is -2.28. The zero-order chi connectivity index (χ0) is 15.9. The van der Waals surface area contributed by atoms with E-state index in [0.717, 1.165) is 6.08 Å². The number of carbonyl (C=O) groups is 2. The van der Waals surface area contributed by atoms with Gasteiger partial charge < -0.3 is 15.2 Å². The molecule has 0 aliphatic carbocycles. The summed E-state index contributed by atoms with van der Waals surface area (Å²) in [4.78, 5) is 22.5. The maximum Gasteiger partial charge on any atom is 0.411 e. The van der Waals surface area contributed by atoms with Crippen LogP contribution in [0.2, 0.25) is 0 Å². The van der Waals surface area contributed by atoms with Crippen LogP contribution in [0.5, 0.6) is 0 Å². The summed E-state index contributed by atoms with van der Waals surface area (Å²) in [6, 6.07) is 1.48. The molecule has 0 atom stereocenters. The molecule has 1 amide bonds. The highest BCUT2D eigenvalue weighted by Gasteiger charge is 2.27. The van der Waals surface area contributed by atoms with Crippen molar-refractivity contribution >= 4 is 29.3 Å². The highest BCUT2D eigenvalue weighted by molar-refractivity contribution is 7.11. The molecular weight excluding hydrogens is 311 g/mol. The van der Waals surface area contributed by atoms with Crippen LogP contribution in [-0.4, -0.2) is 42.9 Å². The van der Waals surface area contributed by atoms with Crippen molar-refractivity contribution in [2.45, 2.75) is 6.18 Å². The maximum absolute atomic E-state index is 11.8. The summed E-state index contributed by atoms with van der Waals surface area (Å²) in [5.74, 6) is -1.56. The number of carbonyl (C=O) groups excluding carboxylic acids is 1. The summed E-state index contributed by atoms with van der Waals surface area (Å²) < 4.78 is 39.7. The number of hydrogen-bond acceptors (Lipinski definition) is 4. The van der Waals surface area contributed by atoms with Gasteiger partial charge in [0.05, 0.1) is 12.2 Å². The first kappa shape index (κ1) is 17.2. The van der Waals surface area contributed by atoms with Gasteiger partial charge in [0.2, 0.25) is 0 Å². The predicted octanol–water partition coefficient (Wildman–Crippen LogP) is 2.15. The van der Waals surface area contributed by atoms with E-state index in [9.17, 15) is 22.8 Å². The minimum Gasteiger partial charge on any atom is -0.478 e. The fraction of sp³-hybridized carbons (Fsp3) is 0.333. The Morgan fingerprint density at radius 1 is 1.43 bits per heavy atom. The monoisotopic (exact) mass is 323 g/mol. The summed E-state index contributed by atoms with van der Waals surface area (Å²) in [6.07, 6.45) is -2.10. The van der Waals surface area contributed by atoms with E-state index in [0.29, 0.717) is 10.4 Å². The molecule has 21 heavy (non-hydrogen) atoms. The number of alkyl halides is 3. The van der Waals surface area contributed by atoms with E-state index < -0.39 is 24.7 Å². The van der Waals surface area contributed by atoms with Gasteiger partial charge in [-0.3, -0.25) is 4.79 Å². The van der Waals surface area contributed by atoms with Crippen LogP contribution >= 0.6 is 11.3 Å². The summed E-state index contributed by atoms with van der Waals surface area (Å²) in [5.41, 5.74) is 0.306. The summed E-state index contributed by atoms with van der Waals surface area (Å²) in [5, 5.41) is 12.4. The van der Waals surface area contributed by atoms with E-state index in [4.69, 9.17) is 5.11 Å². The number of ether oxygens (including phenoxy) is 1. The second kappa shape index (κ2) is 7.79. The second-order valence-corrected chi connectivity index (χ2v) is 4.78. The molecular formula is C12H12F3NO4S. The smallest absolute Gasteiger partial charge is 0.411 e. The Balaban J connectivity index is 2.34. The Kier molecular flexibility index (Phi) is 6.38. The van der Waals surface area contributed by atoms with Gasteiger partial charge in [0.15, 0.2) is 0 Å². The number of rotatable bonds is 7. The third-order valence-corrected chi connectivity index (χ3v) is 2.97. The highest BCUT2D eigenvalue weighted by Crippen LogP contribution is 2.16. The van der Waals surface area contributed by atoms with Gasteiger partial charge in [-0.1, -0.05) is 0 Å². The van der Waals surface area contributed by atoms with Crippen molar-refractivity contribution < 1.29 is 32.6 Å². The Morgan fingerprint density at radius 3 is 2.76 bits per heavy atom. The van der Waals surface area contributed by atoms with E-state index in [1.54, 1.807) is 0 Å². The molecule has 1 heterocycles. The molecule has 9 heteroatoms. The van der Waals surface area contributed by atoms with E-state index in [-0.39, 0.29) is 13.2 Å². The molecule has 0 aliphatic rings. The van der Waals surface area contributed by atoms with Gasteiger partial charge in [0.25, 0.3) is 5.91 Å². The first-order chi connectivity index (χ1) is 9.78. The maximum atomic E-state index is 11.8. The summed E-state index contributed by atoms with van der Waals surface area (Å²) >= 11 is 1.18. The van der Waals surface area contributed by atoms with Crippen molar-refractivity contribution in [2.75, 3.05) is 19.8 Å². The van der Waals surface area contributed by atoms with Crippen LogP contribution < -0.4 is 5.32 Å². The number of amides is 1. The molecule has 1 aromatic rings. The molecule has 0 aromatic carbocycles. The fourth-order valence-electron chi connectivity index (χ4n) is 1.24. The fourth-order valence-corrected chi connectivity index (χ4v) is 2.02. The van der Waals surface area contributed by atoms with Crippen LogP contribution in [0.1, 0.15) is 15.2 Å². The first-order valence-corrected chi connectivity index (χ1v) is 6.58. The minimum atomic E-state index is -4.39. The van der Waals surface area contributed by atoms with E-state index in [1.807, 2.05) is 0 Å². The molecule has 0 saturated heterocycles. The van der Waals surface area contributed by atoms with Crippen molar-refractivity contribution in [2.24, 2.45) is 0 Å². The quantitative estimate of drug-likeness (QED) is 0.595. The molecule has 0 bridgehead atoms. The standard InChI is InChI=1S/C12H12F3NO4S/c13-12(14,15)7-20-4-3-16-11(19)8-5-9(21-6-8)1-2-10(17)18/h1-2,5-6H,3-4,7H2,(H,16,19)(H,17,18). The van der Waals surface area contributed by atoms with E-state index in [2.05, 4.69) is 10.1 Å². The zero-order valence-electron chi connectivity index (χ0n) is 10.6. The Labute approximate surface area is 122 Å². The largest absolute Gasteiger partial charge is 0.478 e. The zero-order valence-corrected chi connectivity index (χ0v) is 11.5. The first-order valence-electron chi connectivity index (χ1n) is 5.70. The molecule has 2 N–H and O–H groups in total. The number of aliphatic carboxylic acids is 1. The SMILES string of the molecule is O=C(O)C=Cc1cc(C(=O)NCCOCC(F)(F)F)cs1.